The van der Waals surface area contributed by atoms with Crippen LogP contribution >= 0.6 is 15.9 Å². The van der Waals surface area contributed by atoms with Gasteiger partial charge in [-0.15, -0.1) is 0 Å². The highest BCUT2D eigenvalue weighted by atomic mass is 79.9. The summed E-state index contributed by atoms with van der Waals surface area (Å²) < 4.78 is 1.08. The minimum Gasteiger partial charge on any atom is -0.256 e. The van der Waals surface area contributed by atoms with E-state index < -0.39 is 0 Å². The van der Waals surface area contributed by atoms with E-state index in [0.29, 0.717) is 0 Å². The lowest BCUT2D eigenvalue weighted by Crippen LogP contribution is -1.85. The van der Waals surface area contributed by atoms with Gasteiger partial charge < -0.3 is 0 Å². The summed E-state index contributed by atoms with van der Waals surface area (Å²) in [5.41, 5.74) is 2.18. The summed E-state index contributed by atoms with van der Waals surface area (Å²) in [6, 6.07) is 18.6. The maximum Gasteiger partial charge on any atom is 0.0780 e. The summed E-state index contributed by atoms with van der Waals surface area (Å²) in [6.07, 6.45) is 1.86. The van der Waals surface area contributed by atoms with E-state index in [1.807, 2.05) is 36.5 Å². The summed E-state index contributed by atoms with van der Waals surface area (Å²) in [4.78, 5) is 4.49. The van der Waals surface area contributed by atoms with Gasteiger partial charge in [0.05, 0.1) is 5.69 Å². The molecule has 0 amide bonds. The molecule has 0 radical (unpaired) electrons. The Morgan fingerprint density at radius 1 is 0.824 bits per heavy atom. The molecular weight excluding hydrogens is 274 g/mol. The average molecular weight is 284 g/mol. The summed E-state index contributed by atoms with van der Waals surface area (Å²) in [6.45, 7) is 0. The molecule has 0 spiro atoms. The van der Waals surface area contributed by atoms with Crippen molar-refractivity contribution in [3.05, 3.63) is 65.3 Å². The van der Waals surface area contributed by atoms with Crippen molar-refractivity contribution in [3.8, 4) is 11.3 Å². The molecule has 1 heterocycles. The number of fused-ring (bicyclic) bond motifs is 1. The monoisotopic (exact) mass is 283 g/mol. The molecule has 0 saturated heterocycles. The molecular formula is C15H10BrN. The number of hydrogen-bond donors (Lipinski definition) is 0. The number of rotatable bonds is 1. The van der Waals surface area contributed by atoms with Crippen molar-refractivity contribution in [1.82, 2.24) is 4.98 Å². The van der Waals surface area contributed by atoms with Crippen LogP contribution in [0.25, 0.3) is 22.0 Å². The molecule has 2 heteroatoms. The Kier molecular flexibility index (Phi) is 2.65. The van der Waals surface area contributed by atoms with Crippen LogP contribution in [0.1, 0.15) is 0 Å². The van der Waals surface area contributed by atoms with E-state index in [0.717, 1.165) is 15.7 Å². The molecule has 0 aliphatic heterocycles. The molecule has 0 aliphatic carbocycles. The predicted molar refractivity (Wildman–Crippen MR) is 74.9 cm³/mol. The summed E-state index contributed by atoms with van der Waals surface area (Å²) in [7, 11) is 0. The minimum absolute atomic E-state index is 1.04. The SMILES string of the molecule is Brc1ccc(-c2nccc3ccccc23)cc1. The van der Waals surface area contributed by atoms with Crippen molar-refractivity contribution in [3.63, 3.8) is 0 Å². The molecule has 82 valence electrons. The number of aromatic nitrogens is 1. The van der Waals surface area contributed by atoms with Crippen LogP contribution < -0.4 is 0 Å². The Balaban J connectivity index is 2.27. The third kappa shape index (κ3) is 1.96. The molecule has 3 aromatic rings. The number of halogens is 1. The van der Waals surface area contributed by atoms with Crippen molar-refractivity contribution in [2.24, 2.45) is 0 Å². The van der Waals surface area contributed by atoms with E-state index >= 15 is 0 Å². The number of benzene rings is 2. The van der Waals surface area contributed by atoms with E-state index in [2.05, 4.69) is 45.2 Å². The molecule has 0 aliphatic rings. The fourth-order valence-corrected chi connectivity index (χ4v) is 2.22. The zero-order valence-corrected chi connectivity index (χ0v) is 10.7. The van der Waals surface area contributed by atoms with Gasteiger partial charge in [-0.05, 0) is 23.6 Å². The molecule has 0 bridgehead atoms. The lowest BCUT2D eigenvalue weighted by atomic mass is 10.0. The van der Waals surface area contributed by atoms with E-state index in [9.17, 15) is 0 Å². The number of pyridine rings is 1. The Labute approximate surface area is 108 Å². The third-order valence-electron chi connectivity index (χ3n) is 2.79. The van der Waals surface area contributed by atoms with Gasteiger partial charge in [-0.1, -0.05) is 52.3 Å². The van der Waals surface area contributed by atoms with Crippen molar-refractivity contribution < 1.29 is 0 Å². The van der Waals surface area contributed by atoms with Crippen molar-refractivity contribution in [2.75, 3.05) is 0 Å². The molecule has 0 unspecified atom stereocenters. The number of nitrogens with zero attached hydrogens (tertiary/aromatic N) is 1. The topological polar surface area (TPSA) is 12.9 Å². The zero-order valence-electron chi connectivity index (χ0n) is 9.10. The van der Waals surface area contributed by atoms with Gasteiger partial charge in [0.1, 0.15) is 0 Å². The van der Waals surface area contributed by atoms with Gasteiger partial charge in [-0.3, -0.25) is 4.98 Å². The standard InChI is InChI=1S/C15H10BrN/c16-13-7-5-12(6-8-13)15-14-4-2-1-3-11(14)9-10-17-15/h1-10H. The van der Waals surface area contributed by atoms with Gasteiger partial charge in [0.25, 0.3) is 0 Å². The van der Waals surface area contributed by atoms with Crippen LogP contribution in [0, 0.1) is 0 Å². The maximum atomic E-state index is 4.49. The van der Waals surface area contributed by atoms with Crippen molar-refractivity contribution in [2.45, 2.75) is 0 Å². The smallest absolute Gasteiger partial charge is 0.0780 e. The second kappa shape index (κ2) is 4.30. The fraction of sp³-hybridized carbons (Fsp3) is 0. The van der Waals surface area contributed by atoms with Crippen LogP contribution in [0.2, 0.25) is 0 Å². The number of hydrogen-bond acceptors (Lipinski definition) is 1. The highest BCUT2D eigenvalue weighted by Gasteiger charge is 2.04. The molecule has 0 fully saturated rings. The van der Waals surface area contributed by atoms with Gasteiger partial charge in [-0.25, -0.2) is 0 Å². The first-order valence-corrected chi connectivity index (χ1v) is 6.23. The van der Waals surface area contributed by atoms with Crippen LogP contribution in [0.4, 0.5) is 0 Å². The van der Waals surface area contributed by atoms with E-state index in [1.165, 1.54) is 10.8 Å². The summed E-state index contributed by atoms with van der Waals surface area (Å²) in [5, 5.41) is 2.41. The zero-order chi connectivity index (χ0) is 11.7. The average Bonchev–Trinajstić information content (AvgIpc) is 2.39. The predicted octanol–water partition coefficient (Wildman–Crippen LogP) is 4.66. The first-order chi connectivity index (χ1) is 8.34. The van der Waals surface area contributed by atoms with Crippen LogP contribution in [0.3, 0.4) is 0 Å². The summed E-state index contributed by atoms with van der Waals surface area (Å²) >= 11 is 3.45. The molecule has 0 saturated carbocycles. The Bertz CT molecular complexity index is 654. The molecule has 0 atom stereocenters. The Morgan fingerprint density at radius 2 is 1.59 bits per heavy atom. The fourth-order valence-electron chi connectivity index (χ4n) is 1.96. The first-order valence-electron chi connectivity index (χ1n) is 5.44. The molecule has 1 nitrogen and oxygen atoms in total. The second-order valence-electron chi connectivity index (χ2n) is 3.89. The first kappa shape index (κ1) is 10.5. The normalized spacial score (nSPS) is 10.6. The van der Waals surface area contributed by atoms with Gasteiger partial charge in [0, 0.05) is 21.6 Å². The van der Waals surface area contributed by atoms with Crippen LogP contribution in [-0.2, 0) is 0 Å². The minimum atomic E-state index is 1.04. The van der Waals surface area contributed by atoms with Crippen molar-refractivity contribution >= 4 is 26.7 Å². The molecule has 3 rings (SSSR count). The maximum absolute atomic E-state index is 4.49. The van der Waals surface area contributed by atoms with Gasteiger partial charge in [0.2, 0.25) is 0 Å². The molecule has 1 aromatic heterocycles. The second-order valence-corrected chi connectivity index (χ2v) is 4.80. The molecule has 2 aromatic carbocycles. The quantitative estimate of drug-likeness (QED) is 0.633. The highest BCUT2D eigenvalue weighted by molar-refractivity contribution is 9.10. The molecule has 0 N–H and O–H groups in total. The van der Waals surface area contributed by atoms with Crippen LogP contribution in [-0.4, -0.2) is 4.98 Å². The Hall–Kier alpha value is -1.67. The lowest BCUT2D eigenvalue weighted by Gasteiger charge is -2.05. The van der Waals surface area contributed by atoms with Crippen LogP contribution in [0.5, 0.6) is 0 Å². The van der Waals surface area contributed by atoms with Gasteiger partial charge in [-0.2, -0.15) is 0 Å². The van der Waals surface area contributed by atoms with E-state index in [4.69, 9.17) is 0 Å². The third-order valence-corrected chi connectivity index (χ3v) is 3.32. The molecule has 17 heavy (non-hydrogen) atoms. The van der Waals surface area contributed by atoms with Gasteiger partial charge in [0.15, 0.2) is 0 Å². The van der Waals surface area contributed by atoms with E-state index in [-0.39, 0.29) is 0 Å². The summed E-state index contributed by atoms with van der Waals surface area (Å²) in [5.74, 6) is 0. The highest BCUT2D eigenvalue weighted by Crippen LogP contribution is 2.27. The Morgan fingerprint density at radius 3 is 2.41 bits per heavy atom. The lowest BCUT2D eigenvalue weighted by molar-refractivity contribution is 1.36. The van der Waals surface area contributed by atoms with Crippen molar-refractivity contribution in [1.29, 1.82) is 0 Å². The van der Waals surface area contributed by atoms with Crippen LogP contribution in [0.15, 0.2) is 65.3 Å². The van der Waals surface area contributed by atoms with E-state index in [1.54, 1.807) is 0 Å². The van der Waals surface area contributed by atoms with Gasteiger partial charge >= 0.3 is 0 Å². The largest absolute Gasteiger partial charge is 0.256 e.